The van der Waals surface area contributed by atoms with Crippen LogP contribution in [0.4, 0.5) is 10.3 Å². The van der Waals surface area contributed by atoms with Gasteiger partial charge in [0.1, 0.15) is 24.2 Å². The number of hydrogen-bond acceptors (Lipinski definition) is 5. The first-order valence-electron chi connectivity index (χ1n) is 8.23. The Morgan fingerprint density at radius 1 is 1.20 bits per heavy atom. The van der Waals surface area contributed by atoms with Gasteiger partial charge in [0.15, 0.2) is 5.96 Å². The quantitative estimate of drug-likeness (QED) is 0.652. The number of guanidine groups is 1. The third-order valence-corrected chi connectivity index (χ3v) is 4.45. The second-order valence-electron chi connectivity index (χ2n) is 6.02. The molecule has 0 saturated carbocycles. The van der Waals surface area contributed by atoms with E-state index in [4.69, 9.17) is 10.5 Å². The molecule has 25 heavy (non-hydrogen) atoms. The van der Waals surface area contributed by atoms with Gasteiger partial charge in [0.25, 0.3) is 0 Å². The van der Waals surface area contributed by atoms with Crippen LogP contribution in [-0.2, 0) is 0 Å². The average molecular weight is 342 g/mol. The monoisotopic (exact) mass is 342 g/mol. The fourth-order valence-electron chi connectivity index (χ4n) is 3.11. The summed E-state index contributed by atoms with van der Waals surface area (Å²) in [5.74, 6) is 1.57. The van der Waals surface area contributed by atoms with E-state index in [9.17, 15) is 4.39 Å². The van der Waals surface area contributed by atoms with Crippen molar-refractivity contribution in [1.29, 1.82) is 0 Å². The third kappa shape index (κ3) is 3.19. The van der Waals surface area contributed by atoms with E-state index in [2.05, 4.69) is 19.9 Å². The molecule has 0 aliphatic carbocycles. The first-order valence-corrected chi connectivity index (χ1v) is 8.23. The molecule has 0 radical (unpaired) electrons. The Labute approximate surface area is 145 Å². The number of nitrogens with zero attached hydrogens (tertiary/aromatic N) is 5. The van der Waals surface area contributed by atoms with Gasteiger partial charge in [-0.15, -0.1) is 0 Å². The fourth-order valence-corrected chi connectivity index (χ4v) is 3.11. The predicted molar refractivity (Wildman–Crippen MR) is 92.1 cm³/mol. The molecular weight excluding hydrogens is 323 g/mol. The molecule has 3 heterocycles. The number of fused-ring (bicyclic) bond motifs is 1. The van der Waals surface area contributed by atoms with Crippen LogP contribution in [0.3, 0.4) is 0 Å². The highest BCUT2D eigenvalue weighted by Gasteiger charge is 2.26. The summed E-state index contributed by atoms with van der Waals surface area (Å²) in [4.78, 5) is 17.2. The number of hydrogen-bond donors (Lipinski definition) is 1. The first-order chi connectivity index (χ1) is 12.2. The van der Waals surface area contributed by atoms with Gasteiger partial charge in [-0.25, -0.2) is 19.4 Å². The van der Waals surface area contributed by atoms with Crippen molar-refractivity contribution in [2.45, 2.75) is 6.04 Å². The Balaban J connectivity index is 1.42. The molecule has 1 unspecified atom stereocenters. The second-order valence-corrected chi connectivity index (χ2v) is 6.02. The predicted octanol–water partition coefficient (Wildman–Crippen LogP) is 1.19. The highest BCUT2D eigenvalue weighted by molar-refractivity contribution is 5.78. The van der Waals surface area contributed by atoms with Crippen LogP contribution < -0.4 is 15.4 Å². The molecule has 1 saturated heterocycles. The van der Waals surface area contributed by atoms with Gasteiger partial charge in [-0.05, 0) is 24.3 Å². The van der Waals surface area contributed by atoms with Crippen LogP contribution >= 0.6 is 0 Å². The Morgan fingerprint density at radius 3 is 2.72 bits per heavy atom. The van der Waals surface area contributed by atoms with E-state index in [1.54, 1.807) is 24.5 Å². The molecule has 2 N–H and O–H groups in total. The van der Waals surface area contributed by atoms with Gasteiger partial charge in [-0.3, -0.25) is 0 Å². The van der Waals surface area contributed by atoms with E-state index in [1.165, 1.54) is 12.1 Å². The summed E-state index contributed by atoms with van der Waals surface area (Å²) in [6, 6.07) is 6.03. The Bertz CT molecular complexity index is 776. The number of anilines is 1. The molecule has 1 aromatic carbocycles. The van der Waals surface area contributed by atoms with E-state index >= 15 is 0 Å². The Kier molecular flexibility index (Phi) is 4.09. The standard InChI is InChI=1S/C17H19FN6O/c18-12-2-3-15-13(10-12)14(11-25-15)22-16(19)23-6-8-24(9-7-23)17-20-4-1-5-21-17/h1-5,10,14H,6-9,11H2,(H2,19,22). The van der Waals surface area contributed by atoms with Crippen molar-refractivity contribution < 1.29 is 9.13 Å². The number of rotatable bonds is 2. The zero-order valence-corrected chi connectivity index (χ0v) is 13.7. The molecule has 0 spiro atoms. The van der Waals surface area contributed by atoms with Crippen molar-refractivity contribution in [3.63, 3.8) is 0 Å². The van der Waals surface area contributed by atoms with Crippen LogP contribution in [0.15, 0.2) is 41.7 Å². The highest BCUT2D eigenvalue weighted by Crippen LogP contribution is 2.35. The molecule has 2 aliphatic heterocycles. The number of piperazine rings is 1. The van der Waals surface area contributed by atoms with Gasteiger partial charge < -0.3 is 20.3 Å². The lowest BCUT2D eigenvalue weighted by atomic mass is 10.1. The van der Waals surface area contributed by atoms with Gasteiger partial charge >= 0.3 is 0 Å². The minimum absolute atomic E-state index is 0.263. The summed E-state index contributed by atoms with van der Waals surface area (Å²) in [6.45, 7) is 3.39. The molecule has 7 nitrogen and oxygen atoms in total. The maximum Gasteiger partial charge on any atom is 0.225 e. The molecule has 1 fully saturated rings. The van der Waals surface area contributed by atoms with E-state index in [0.29, 0.717) is 18.3 Å². The van der Waals surface area contributed by atoms with Crippen LogP contribution in [0, 0.1) is 5.82 Å². The number of aliphatic imine (C=N–C) groups is 1. The second kappa shape index (κ2) is 6.54. The summed E-state index contributed by atoms with van der Waals surface area (Å²) >= 11 is 0. The van der Waals surface area contributed by atoms with Crippen molar-refractivity contribution in [3.05, 3.63) is 48.0 Å². The minimum Gasteiger partial charge on any atom is -0.491 e. The van der Waals surface area contributed by atoms with E-state index < -0.39 is 0 Å². The fraction of sp³-hybridized carbons (Fsp3) is 0.353. The van der Waals surface area contributed by atoms with Crippen molar-refractivity contribution in [2.75, 3.05) is 37.7 Å². The maximum atomic E-state index is 13.5. The van der Waals surface area contributed by atoms with Crippen LogP contribution in [0.25, 0.3) is 0 Å². The smallest absolute Gasteiger partial charge is 0.225 e. The van der Waals surface area contributed by atoms with E-state index in [-0.39, 0.29) is 11.9 Å². The van der Waals surface area contributed by atoms with E-state index in [0.717, 1.165) is 37.7 Å². The number of halogens is 1. The van der Waals surface area contributed by atoms with Crippen molar-refractivity contribution >= 4 is 11.9 Å². The SMILES string of the molecule is NC(=NC1COc2ccc(F)cc21)N1CCN(c2ncccn2)CC1. The molecular formula is C17H19FN6O. The van der Waals surface area contributed by atoms with Crippen LogP contribution in [0.2, 0.25) is 0 Å². The van der Waals surface area contributed by atoms with Crippen LogP contribution in [0.5, 0.6) is 5.75 Å². The van der Waals surface area contributed by atoms with Crippen LogP contribution in [0.1, 0.15) is 11.6 Å². The van der Waals surface area contributed by atoms with Crippen molar-refractivity contribution in [1.82, 2.24) is 14.9 Å². The van der Waals surface area contributed by atoms with Crippen LogP contribution in [-0.4, -0.2) is 53.6 Å². The molecule has 1 aromatic heterocycles. The van der Waals surface area contributed by atoms with Gasteiger partial charge in [0, 0.05) is 44.1 Å². The molecule has 130 valence electrons. The molecule has 2 aliphatic rings. The summed E-state index contributed by atoms with van der Waals surface area (Å²) < 4.78 is 19.0. The van der Waals surface area contributed by atoms with Gasteiger partial charge in [-0.1, -0.05) is 0 Å². The van der Waals surface area contributed by atoms with Gasteiger partial charge in [0.2, 0.25) is 5.95 Å². The van der Waals surface area contributed by atoms with Crippen molar-refractivity contribution in [3.8, 4) is 5.75 Å². The Morgan fingerprint density at radius 2 is 1.96 bits per heavy atom. The highest BCUT2D eigenvalue weighted by atomic mass is 19.1. The van der Waals surface area contributed by atoms with Gasteiger partial charge in [-0.2, -0.15) is 0 Å². The number of benzene rings is 1. The normalized spacial score (nSPS) is 20.4. The maximum absolute atomic E-state index is 13.5. The molecule has 1 atom stereocenters. The topological polar surface area (TPSA) is 79.9 Å². The third-order valence-electron chi connectivity index (χ3n) is 4.45. The molecule has 4 rings (SSSR count). The molecule has 8 heteroatoms. The Hall–Kier alpha value is -2.90. The summed E-state index contributed by atoms with van der Waals surface area (Å²) in [5.41, 5.74) is 6.93. The summed E-state index contributed by atoms with van der Waals surface area (Å²) in [6.07, 6.45) is 3.47. The largest absolute Gasteiger partial charge is 0.491 e. The zero-order chi connectivity index (χ0) is 17.2. The lowest BCUT2D eigenvalue weighted by Gasteiger charge is -2.35. The number of nitrogens with two attached hydrogens (primary N) is 1. The number of aromatic nitrogens is 2. The molecule has 0 bridgehead atoms. The first kappa shape index (κ1) is 15.6. The summed E-state index contributed by atoms with van der Waals surface area (Å²) in [5, 5.41) is 0. The molecule has 2 aromatic rings. The lowest BCUT2D eigenvalue weighted by Crippen LogP contribution is -2.51. The van der Waals surface area contributed by atoms with Crippen molar-refractivity contribution in [2.24, 2.45) is 10.7 Å². The average Bonchev–Trinajstić information content (AvgIpc) is 3.04. The van der Waals surface area contributed by atoms with E-state index in [1.807, 2.05) is 4.90 Å². The summed E-state index contributed by atoms with van der Waals surface area (Å²) in [7, 11) is 0. The molecule has 0 amide bonds. The lowest BCUT2D eigenvalue weighted by molar-refractivity contribution is 0.329. The van der Waals surface area contributed by atoms with Gasteiger partial charge in [0.05, 0.1) is 0 Å². The zero-order valence-electron chi connectivity index (χ0n) is 13.7. The minimum atomic E-state index is -0.292. The number of ether oxygens (including phenoxy) is 1.